The molecule has 1 aliphatic rings. The Kier molecular flexibility index (Phi) is 3.99. The molecule has 0 unspecified atom stereocenters. The molecule has 124 valence electrons. The lowest BCUT2D eigenvalue weighted by atomic mass is 10.2. The fraction of sp³-hybridized carbons (Fsp3) is 0.429. The zero-order valence-corrected chi connectivity index (χ0v) is 13.8. The van der Waals surface area contributed by atoms with Gasteiger partial charge in [-0.1, -0.05) is 0 Å². The van der Waals surface area contributed by atoms with Crippen molar-refractivity contribution in [3.05, 3.63) is 28.7 Å². The first-order chi connectivity index (χ1) is 10.9. The molecule has 1 fully saturated rings. The van der Waals surface area contributed by atoms with Gasteiger partial charge in [-0.2, -0.15) is 0 Å². The maximum atomic E-state index is 12.3. The Balaban J connectivity index is 2.04. The summed E-state index contributed by atoms with van der Waals surface area (Å²) in [6.45, 7) is 2.64. The number of nitrogens with zero attached hydrogens (tertiary/aromatic N) is 3. The first-order valence-corrected chi connectivity index (χ1v) is 9.01. The van der Waals surface area contributed by atoms with E-state index in [9.17, 15) is 13.2 Å². The number of aromatic amines is 1. The number of sulfonamides is 1. The van der Waals surface area contributed by atoms with Crippen molar-refractivity contribution < 1.29 is 13.2 Å². The van der Waals surface area contributed by atoms with Gasteiger partial charge < -0.3 is 14.6 Å². The minimum absolute atomic E-state index is 0.291. The number of anilines is 2. The third kappa shape index (κ3) is 3.15. The molecule has 1 aliphatic heterocycles. The first-order valence-electron chi connectivity index (χ1n) is 7.16. The molecule has 0 atom stereocenters. The molecule has 0 amide bonds. The molecule has 1 N–H and O–H groups in total. The number of pyridine rings is 2. The van der Waals surface area contributed by atoms with Gasteiger partial charge in [-0.25, -0.2) is 8.42 Å². The lowest BCUT2D eigenvalue weighted by Gasteiger charge is -2.28. The average Bonchev–Trinajstić information content (AvgIpc) is 2.54. The van der Waals surface area contributed by atoms with Crippen molar-refractivity contribution in [1.29, 1.82) is 0 Å². The molecule has 0 radical (unpaired) electrons. The zero-order valence-electron chi connectivity index (χ0n) is 12.9. The van der Waals surface area contributed by atoms with Crippen molar-refractivity contribution in [2.75, 3.05) is 48.8 Å². The monoisotopic (exact) mass is 338 g/mol. The van der Waals surface area contributed by atoms with Crippen LogP contribution in [0.25, 0.3) is 10.9 Å². The Morgan fingerprint density at radius 2 is 2.00 bits per heavy atom. The van der Waals surface area contributed by atoms with E-state index < -0.39 is 10.0 Å². The number of H-pyrrole nitrogens is 1. The van der Waals surface area contributed by atoms with Gasteiger partial charge in [-0.15, -0.1) is 0 Å². The van der Waals surface area contributed by atoms with Gasteiger partial charge in [0.15, 0.2) is 0 Å². The molecule has 0 aliphatic carbocycles. The summed E-state index contributed by atoms with van der Waals surface area (Å²) in [4.78, 5) is 21.5. The van der Waals surface area contributed by atoms with Crippen LogP contribution in [0.3, 0.4) is 0 Å². The highest BCUT2D eigenvalue weighted by Crippen LogP contribution is 2.21. The molecule has 0 saturated carbocycles. The van der Waals surface area contributed by atoms with Gasteiger partial charge in [0.1, 0.15) is 5.82 Å². The Bertz CT molecular complexity index is 887. The van der Waals surface area contributed by atoms with E-state index in [1.165, 1.54) is 19.3 Å². The largest absolute Gasteiger partial charge is 0.378 e. The third-order valence-electron chi connectivity index (χ3n) is 3.88. The molecular formula is C14H18N4O4S. The van der Waals surface area contributed by atoms with Gasteiger partial charge >= 0.3 is 0 Å². The van der Waals surface area contributed by atoms with Gasteiger partial charge in [0, 0.05) is 26.2 Å². The number of aromatic nitrogens is 2. The van der Waals surface area contributed by atoms with Gasteiger partial charge in [0.2, 0.25) is 10.0 Å². The van der Waals surface area contributed by atoms with Crippen LogP contribution in [0.15, 0.2) is 23.1 Å². The van der Waals surface area contributed by atoms with Crippen LogP contribution in [0.4, 0.5) is 11.5 Å². The van der Waals surface area contributed by atoms with Gasteiger partial charge in [0.25, 0.3) is 5.56 Å². The molecule has 1 saturated heterocycles. The normalized spacial score (nSPS) is 15.8. The molecule has 8 nitrogen and oxygen atoms in total. The van der Waals surface area contributed by atoms with Crippen LogP contribution in [0.5, 0.6) is 0 Å². The van der Waals surface area contributed by atoms with E-state index in [1.807, 2.05) is 4.90 Å². The predicted molar refractivity (Wildman–Crippen MR) is 88.6 cm³/mol. The smallest absolute Gasteiger partial charge is 0.259 e. The first kappa shape index (κ1) is 15.8. The maximum absolute atomic E-state index is 12.3. The third-order valence-corrected chi connectivity index (χ3v) is 5.08. The summed E-state index contributed by atoms with van der Waals surface area (Å²) >= 11 is 0. The van der Waals surface area contributed by atoms with Crippen molar-refractivity contribution in [3.63, 3.8) is 0 Å². The van der Waals surface area contributed by atoms with E-state index >= 15 is 0 Å². The number of morpholine rings is 1. The highest BCUT2D eigenvalue weighted by atomic mass is 32.2. The summed E-state index contributed by atoms with van der Waals surface area (Å²) in [5.41, 5.74) is 0.589. The molecule has 2 aromatic heterocycles. The van der Waals surface area contributed by atoms with E-state index in [0.29, 0.717) is 48.7 Å². The number of hydrogen-bond acceptors (Lipinski definition) is 6. The number of rotatable bonds is 3. The van der Waals surface area contributed by atoms with Crippen LogP contribution in [0, 0.1) is 0 Å². The standard InChI is InChI=1S/C14H18N4O4S/c1-17(23(2,20)21)10-7-11-12(15-9-10)8-13(16-14(11)19)18-3-5-22-6-4-18/h7-9H,3-6H2,1-2H3,(H,16,19). The van der Waals surface area contributed by atoms with Gasteiger partial charge in [-0.05, 0) is 6.07 Å². The van der Waals surface area contributed by atoms with Crippen LogP contribution in [-0.2, 0) is 14.8 Å². The molecule has 3 rings (SSSR count). The second kappa shape index (κ2) is 5.82. The topological polar surface area (TPSA) is 95.6 Å². The zero-order chi connectivity index (χ0) is 16.6. The summed E-state index contributed by atoms with van der Waals surface area (Å²) in [7, 11) is -1.98. The minimum Gasteiger partial charge on any atom is -0.378 e. The maximum Gasteiger partial charge on any atom is 0.259 e. The predicted octanol–water partition coefficient (Wildman–Crippen LogP) is 0.156. The van der Waals surface area contributed by atoms with Crippen molar-refractivity contribution in [2.45, 2.75) is 0 Å². The van der Waals surface area contributed by atoms with E-state index in [4.69, 9.17) is 4.74 Å². The molecule has 2 aromatic rings. The summed E-state index contributed by atoms with van der Waals surface area (Å²) in [5, 5.41) is 0.356. The second-order valence-electron chi connectivity index (χ2n) is 5.44. The summed E-state index contributed by atoms with van der Waals surface area (Å²) in [5.74, 6) is 0.697. The van der Waals surface area contributed by atoms with Gasteiger partial charge in [0.05, 0.1) is 42.3 Å². The van der Waals surface area contributed by atoms with Crippen LogP contribution in [-0.4, -0.2) is 58.0 Å². The number of hydrogen-bond donors (Lipinski definition) is 1. The van der Waals surface area contributed by atoms with E-state index in [2.05, 4.69) is 9.97 Å². The van der Waals surface area contributed by atoms with Crippen molar-refractivity contribution >= 4 is 32.4 Å². The minimum atomic E-state index is -3.40. The fourth-order valence-electron chi connectivity index (χ4n) is 2.45. The van der Waals surface area contributed by atoms with Crippen LogP contribution < -0.4 is 14.8 Å². The lowest BCUT2D eigenvalue weighted by Crippen LogP contribution is -2.37. The molecular weight excluding hydrogens is 320 g/mol. The van der Waals surface area contributed by atoms with Gasteiger partial charge in [-0.3, -0.25) is 14.1 Å². The Labute approximate surface area is 133 Å². The fourth-order valence-corrected chi connectivity index (χ4v) is 2.93. The van der Waals surface area contributed by atoms with E-state index in [1.54, 1.807) is 6.07 Å². The highest BCUT2D eigenvalue weighted by Gasteiger charge is 2.16. The SMILES string of the molecule is CN(c1cnc2cc(N3CCOCC3)[nH]c(=O)c2c1)S(C)(=O)=O. The van der Waals surface area contributed by atoms with E-state index in [-0.39, 0.29) is 5.56 Å². The highest BCUT2D eigenvalue weighted by molar-refractivity contribution is 7.92. The van der Waals surface area contributed by atoms with Crippen molar-refractivity contribution in [2.24, 2.45) is 0 Å². The van der Waals surface area contributed by atoms with Crippen molar-refractivity contribution in [1.82, 2.24) is 9.97 Å². The number of fused-ring (bicyclic) bond motifs is 1. The second-order valence-corrected chi connectivity index (χ2v) is 7.45. The molecule has 0 aromatic carbocycles. The summed E-state index contributed by atoms with van der Waals surface area (Å²) < 4.78 is 29.6. The number of ether oxygens (including phenoxy) is 1. The van der Waals surface area contributed by atoms with Crippen LogP contribution in [0.1, 0.15) is 0 Å². The average molecular weight is 338 g/mol. The number of nitrogens with one attached hydrogen (secondary N) is 1. The Morgan fingerprint density at radius 3 is 2.65 bits per heavy atom. The van der Waals surface area contributed by atoms with Crippen molar-refractivity contribution in [3.8, 4) is 0 Å². The molecule has 23 heavy (non-hydrogen) atoms. The molecule has 0 bridgehead atoms. The summed E-state index contributed by atoms with van der Waals surface area (Å²) in [6.07, 6.45) is 2.55. The molecule has 3 heterocycles. The lowest BCUT2D eigenvalue weighted by molar-refractivity contribution is 0.122. The molecule has 9 heteroatoms. The van der Waals surface area contributed by atoms with E-state index in [0.717, 1.165) is 10.6 Å². The summed E-state index contributed by atoms with van der Waals surface area (Å²) in [6, 6.07) is 3.33. The van der Waals surface area contributed by atoms with Crippen LogP contribution >= 0.6 is 0 Å². The van der Waals surface area contributed by atoms with Crippen LogP contribution in [0.2, 0.25) is 0 Å². The Morgan fingerprint density at radius 1 is 1.30 bits per heavy atom. The molecule has 0 spiro atoms. The quantitative estimate of drug-likeness (QED) is 0.856. The Hall–Kier alpha value is -2.13.